The van der Waals surface area contributed by atoms with Crippen LogP contribution in [-0.2, 0) is 7.05 Å². The first kappa shape index (κ1) is 12.0. The summed E-state index contributed by atoms with van der Waals surface area (Å²) in [5.41, 5.74) is 5.47. The molecule has 1 aromatic carbocycles. The molecule has 2 aromatic rings. The van der Waals surface area contributed by atoms with Crippen LogP contribution in [0.3, 0.4) is 0 Å². The molecule has 0 aliphatic rings. The summed E-state index contributed by atoms with van der Waals surface area (Å²) in [4.78, 5) is 0. The first-order chi connectivity index (χ1) is 8.11. The zero-order valence-corrected chi connectivity index (χ0v) is 11.2. The van der Waals surface area contributed by atoms with E-state index in [-0.39, 0.29) is 0 Å². The lowest BCUT2D eigenvalue weighted by Gasteiger charge is -2.12. The molecular formula is C16H21N. The molecule has 0 bridgehead atoms. The Kier molecular flexibility index (Phi) is 3.37. The van der Waals surface area contributed by atoms with Gasteiger partial charge in [0, 0.05) is 19.4 Å². The lowest BCUT2D eigenvalue weighted by atomic mass is 9.93. The molecule has 0 spiro atoms. The van der Waals surface area contributed by atoms with Crippen molar-refractivity contribution in [1.82, 2.24) is 4.57 Å². The van der Waals surface area contributed by atoms with Crippen molar-refractivity contribution in [2.75, 3.05) is 0 Å². The van der Waals surface area contributed by atoms with Crippen LogP contribution in [0.5, 0.6) is 0 Å². The summed E-state index contributed by atoms with van der Waals surface area (Å²) in [6.07, 6.45) is 5.47. The van der Waals surface area contributed by atoms with Gasteiger partial charge in [-0.25, -0.2) is 0 Å². The Morgan fingerprint density at radius 3 is 2.53 bits per heavy atom. The Morgan fingerprint density at radius 1 is 1.24 bits per heavy atom. The van der Waals surface area contributed by atoms with Gasteiger partial charge in [-0.05, 0) is 47.6 Å². The van der Waals surface area contributed by atoms with Crippen LogP contribution in [-0.4, -0.2) is 4.57 Å². The van der Waals surface area contributed by atoms with Crippen molar-refractivity contribution in [3.05, 3.63) is 47.8 Å². The third-order valence-corrected chi connectivity index (χ3v) is 3.57. The van der Waals surface area contributed by atoms with Crippen LogP contribution in [0, 0.1) is 6.92 Å². The molecule has 0 amide bonds. The zero-order valence-electron chi connectivity index (χ0n) is 11.2. The van der Waals surface area contributed by atoms with Gasteiger partial charge < -0.3 is 4.57 Å². The van der Waals surface area contributed by atoms with Gasteiger partial charge in [-0.3, -0.25) is 0 Å². The molecule has 1 atom stereocenters. The van der Waals surface area contributed by atoms with E-state index in [1.807, 2.05) is 0 Å². The highest BCUT2D eigenvalue weighted by Gasteiger charge is 2.07. The number of aryl methyl sites for hydroxylation is 2. The van der Waals surface area contributed by atoms with E-state index < -0.39 is 0 Å². The van der Waals surface area contributed by atoms with Crippen molar-refractivity contribution in [2.45, 2.75) is 33.1 Å². The van der Waals surface area contributed by atoms with Gasteiger partial charge in [-0.2, -0.15) is 0 Å². The normalized spacial score (nSPS) is 12.7. The molecule has 0 fully saturated rings. The summed E-state index contributed by atoms with van der Waals surface area (Å²) >= 11 is 0. The van der Waals surface area contributed by atoms with Crippen molar-refractivity contribution < 1.29 is 0 Å². The number of hydrogen-bond acceptors (Lipinski definition) is 0. The van der Waals surface area contributed by atoms with Gasteiger partial charge >= 0.3 is 0 Å². The molecule has 0 saturated heterocycles. The van der Waals surface area contributed by atoms with E-state index in [0.29, 0.717) is 5.92 Å². The van der Waals surface area contributed by atoms with Crippen LogP contribution in [0.1, 0.15) is 37.3 Å². The molecule has 0 saturated carbocycles. The fourth-order valence-corrected chi connectivity index (χ4v) is 2.22. The van der Waals surface area contributed by atoms with E-state index >= 15 is 0 Å². The van der Waals surface area contributed by atoms with E-state index in [0.717, 1.165) is 0 Å². The van der Waals surface area contributed by atoms with Crippen LogP contribution < -0.4 is 0 Å². The molecule has 1 nitrogen and oxygen atoms in total. The first-order valence-electron chi connectivity index (χ1n) is 6.34. The zero-order chi connectivity index (χ0) is 12.4. The predicted octanol–water partition coefficient (Wildman–Crippen LogP) is 4.51. The Bertz CT molecular complexity index is 508. The van der Waals surface area contributed by atoms with Crippen molar-refractivity contribution in [1.29, 1.82) is 0 Å². The summed E-state index contributed by atoms with van der Waals surface area (Å²) < 4.78 is 2.09. The molecule has 0 aliphatic heterocycles. The molecule has 17 heavy (non-hydrogen) atoms. The van der Waals surface area contributed by atoms with Crippen LogP contribution >= 0.6 is 0 Å². The average Bonchev–Trinajstić information content (AvgIpc) is 2.74. The number of aromatic nitrogens is 1. The molecule has 1 unspecified atom stereocenters. The lowest BCUT2D eigenvalue weighted by molar-refractivity contribution is 0.733. The van der Waals surface area contributed by atoms with Crippen LogP contribution in [0.15, 0.2) is 36.7 Å². The Labute approximate surface area is 104 Å². The van der Waals surface area contributed by atoms with Crippen molar-refractivity contribution in [3.63, 3.8) is 0 Å². The number of nitrogens with zero attached hydrogens (tertiary/aromatic N) is 1. The third-order valence-electron chi connectivity index (χ3n) is 3.57. The van der Waals surface area contributed by atoms with E-state index in [2.05, 4.69) is 69.0 Å². The number of hydrogen-bond donors (Lipinski definition) is 0. The van der Waals surface area contributed by atoms with Gasteiger partial charge in [0.25, 0.3) is 0 Å². The van der Waals surface area contributed by atoms with E-state index in [1.54, 1.807) is 0 Å². The Hall–Kier alpha value is -1.50. The standard InChI is InChI=1S/C16H21N/c1-5-12(2)14-6-7-16(13(3)10-14)15-8-9-17(4)11-15/h6-12H,5H2,1-4H3. The molecule has 1 aromatic heterocycles. The molecule has 0 N–H and O–H groups in total. The van der Waals surface area contributed by atoms with Crippen molar-refractivity contribution in [3.8, 4) is 11.1 Å². The first-order valence-corrected chi connectivity index (χ1v) is 6.34. The smallest absolute Gasteiger partial charge is 0.0110 e. The topological polar surface area (TPSA) is 4.93 Å². The number of rotatable bonds is 3. The predicted molar refractivity (Wildman–Crippen MR) is 74.3 cm³/mol. The summed E-state index contributed by atoms with van der Waals surface area (Å²) in [5, 5.41) is 0. The molecule has 2 rings (SSSR count). The molecule has 90 valence electrons. The molecule has 1 heterocycles. The molecule has 0 radical (unpaired) electrons. The van der Waals surface area contributed by atoms with Gasteiger partial charge in [-0.1, -0.05) is 32.0 Å². The summed E-state index contributed by atoms with van der Waals surface area (Å²) in [6.45, 7) is 6.73. The maximum atomic E-state index is 2.33. The van der Waals surface area contributed by atoms with Crippen LogP contribution in [0.2, 0.25) is 0 Å². The third kappa shape index (κ3) is 2.44. The van der Waals surface area contributed by atoms with Gasteiger partial charge in [0.05, 0.1) is 0 Å². The maximum Gasteiger partial charge on any atom is 0.0110 e. The molecule has 1 heteroatoms. The van der Waals surface area contributed by atoms with Gasteiger partial charge in [-0.15, -0.1) is 0 Å². The highest BCUT2D eigenvalue weighted by atomic mass is 14.9. The average molecular weight is 227 g/mol. The number of benzene rings is 1. The highest BCUT2D eigenvalue weighted by Crippen LogP contribution is 2.27. The largest absolute Gasteiger partial charge is 0.357 e. The second-order valence-electron chi connectivity index (χ2n) is 4.95. The van der Waals surface area contributed by atoms with E-state index in [1.165, 1.54) is 28.7 Å². The minimum Gasteiger partial charge on any atom is -0.357 e. The van der Waals surface area contributed by atoms with Gasteiger partial charge in [0.15, 0.2) is 0 Å². The monoisotopic (exact) mass is 227 g/mol. The quantitative estimate of drug-likeness (QED) is 0.727. The van der Waals surface area contributed by atoms with Crippen LogP contribution in [0.4, 0.5) is 0 Å². The fraction of sp³-hybridized carbons (Fsp3) is 0.375. The summed E-state index contributed by atoms with van der Waals surface area (Å²) in [5.74, 6) is 0.651. The van der Waals surface area contributed by atoms with Gasteiger partial charge in [0.2, 0.25) is 0 Å². The lowest BCUT2D eigenvalue weighted by Crippen LogP contribution is -1.93. The van der Waals surface area contributed by atoms with E-state index in [9.17, 15) is 0 Å². The van der Waals surface area contributed by atoms with Crippen LogP contribution in [0.25, 0.3) is 11.1 Å². The van der Waals surface area contributed by atoms with Crippen molar-refractivity contribution in [2.24, 2.45) is 7.05 Å². The fourth-order valence-electron chi connectivity index (χ4n) is 2.22. The minimum atomic E-state index is 0.651. The molecule has 0 aliphatic carbocycles. The Balaban J connectivity index is 2.38. The SMILES string of the molecule is CCC(C)c1ccc(-c2ccn(C)c2)c(C)c1. The van der Waals surface area contributed by atoms with Crippen molar-refractivity contribution >= 4 is 0 Å². The molecular weight excluding hydrogens is 206 g/mol. The van der Waals surface area contributed by atoms with Gasteiger partial charge in [0.1, 0.15) is 0 Å². The summed E-state index contributed by atoms with van der Waals surface area (Å²) in [7, 11) is 2.06. The highest BCUT2D eigenvalue weighted by molar-refractivity contribution is 5.67. The minimum absolute atomic E-state index is 0.651. The second-order valence-corrected chi connectivity index (χ2v) is 4.95. The maximum absolute atomic E-state index is 2.33. The summed E-state index contributed by atoms with van der Waals surface area (Å²) in [6, 6.07) is 9.03. The van der Waals surface area contributed by atoms with E-state index in [4.69, 9.17) is 0 Å². The second kappa shape index (κ2) is 4.79. The Morgan fingerprint density at radius 2 is 2.00 bits per heavy atom.